The number of Topliss-reactive ketones (excluding diaryl/α,β-unsaturated/α-hetero) is 1. The number of halogens is 1. The number of para-hydroxylation sites is 1. The zero-order valence-corrected chi connectivity index (χ0v) is 70.3. The Morgan fingerprint density at radius 1 is 0.779 bits per heavy atom. The fourth-order valence-corrected chi connectivity index (χ4v) is 16.7. The Hall–Kier alpha value is -9.67. The second-order valence-corrected chi connectivity index (χ2v) is 34.8. The Kier molecular flexibility index (Phi) is 28.1. The number of ketones is 1. The van der Waals surface area contributed by atoms with Gasteiger partial charge in [-0.3, -0.25) is 44.3 Å². The molecule has 21 nitrogen and oxygen atoms in total. The summed E-state index contributed by atoms with van der Waals surface area (Å²) >= 11 is 3.43. The molecule has 1 saturated heterocycles. The molecule has 4 aromatic rings. The molecule has 0 radical (unpaired) electrons. The third kappa shape index (κ3) is 19.6. The molecule has 1 aliphatic carbocycles. The fourth-order valence-electron chi connectivity index (χ4n) is 15.1. The molecule has 5 amide bonds. The number of carbonyl (C=O) groups is 7. The first kappa shape index (κ1) is 85.8. The van der Waals surface area contributed by atoms with Crippen LogP contribution in [0.2, 0.25) is 0 Å². The van der Waals surface area contributed by atoms with Crippen molar-refractivity contribution < 1.29 is 66.4 Å². The van der Waals surface area contributed by atoms with E-state index in [1.807, 2.05) is 140 Å². The number of thioether (sulfide) groups is 1. The predicted octanol–water partition coefficient (Wildman–Crippen LogP) is 14.2. The molecule has 3 atom stereocenters. The van der Waals surface area contributed by atoms with E-state index in [0.29, 0.717) is 42.2 Å². The number of nitrogens with zero attached hydrogens (tertiary/aromatic N) is 6. The van der Waals surface area contributed by atoms with Gasteiger partial charge in [0.15, 0.2) is 23.4 Å². The average molecular weight is 1660 g/mol. The quantitative estimate of drug-likeness (QED) is 0.00371. The SMILES string of the molecule is [C-]#[N+]C(=C=[N-])C1=C(C=C2C=C(C(C)(C)C)OC(C(C)(C)C)=C2)C(=O)C1=CC1=[N+](C(CCCC)C(=O)NCCN2C(=O)CC(SCC(NC(=O)CCOCCOCCOCCNC(=O)CN3\C(=C/C=C/C=C/C=C/C4=[N+](C)c5ccc(I)cc5C4(C)C)C(C)(C)c4c3ccc3ccccc43)OC=O)C2=O)c2ccccc2C1(C)C. The van der Waals surface area contributed by atoms with Gasteiger partial charge >= 0.3 is 0 Å². The highest BCUT2D eigenvalue weighted by molar-refractivity contribution is 14.1. The molecule has 0 saturated carbocycles. The van der Waals surface area contributed by atoms with Gasteiger partial charge in [0.2, 0.25) is 46.7 Å². The van der Waals surface area contributed by atoms with E-state index in [-0.39, 0.29) is 141 Å². The molecule has 3 unspecified atom stereocenters. The van der Waals surface area contributed by atoms with Gasteiger partial charge in [-0.1, -0.05) is 148 Å². The van der Waals surface area contributed by atoms with Crippen molar-refractivity contribution in [3.05, 3.63) is 228 Å². The number of hydrogen-bond acceptors (Lipinski definition) is 14. The molecule has 1 fully saturated rings. The largest absolute Gasteiger partial charge is 0.775 e. The van der Waals surface area contributed by atoms with Gasteiger partial charge in [-0.25, -0.2) is 4.85 Å². The van der Waals surface area contributed by atoms with E-state index < -0.39 is 46.1 Å². The summed E-state index contributed by atoms with van der Waals surface area (Å²) in [5.74, 6) is 1.13. The number of amides is 5. The van der Waals surface area contributed by atoms with Gasteiger partial charge in [-0.15, -0.1) is 11.8 Å². The van der Waals surface area contributed by atoms with Crippen molar-refractivity contribution in [1.82, 2.24) is 20.9 Å². The minimum Gasteiger partial charge on any atom is -0.775 e. The van der Waals surface area contributed by atoms with Crippen LogP contribution < -0.4 is 20.9 Å². The minimum absolute atomic E-state index is 0.0353. The van der Waals surface area contributed by atoms with Gasteiger partial charge in [0.05, 0.1) is 74.5 Å². The van der Waals surface area contributed by atoms with Crippen LogP contribution in [0, 0.1) is 21.0 Å². The predicted molar refractivity (Wildman–Crippen MR) is 453 cm³/mol. The lowest BCUT2D eigenvalue weighted by Crippen LogP contribution is -2.46. The van der Waals surface area contributed by atoms with Crippen molar-refractivity contribution in [2.24, 2.45) is 10.8 Å². The highest BCUT2D eigenvalue weighted by Crippen LogP contribution is 2.52. The number of nitrogens with one attached hydrogen (secondary N) is 3. The zero-order chi connectivity index (χ0) is 81.7. The molecule has 594 valence electrons. The molecular formula is C90H105IN9O12S+. The summed E-state index contributed by atoms with van der Waals surface area (Å²) < 4.78 is 34.1. The summed E-state index contributed by atoms with van der Waals surface area (Å²) in [6, 6.07) is 26.0. The van der Waals surface area contributed by atoms with Crippen molar-refractivity contribution >= 4 is 121 Å². The normalized spacial score (nSPS) is 18.9. The average Bonchev–Trinajstić information content (AvgIpc) is 1.61. The second-order valence-electron chi connectivity index (χ2n) is 32.3. The molecule has 5 heterocycles. The number of rotatable bonds is 35. The van der Waals surface area contributed by atoms with Crippen LogP contribution in [-0.4, -0.2) is 169 Å². The first-order valence-corrected chi connectivity index (χ1v) is 40.7. The number of likely N-dealkylation sites (tertiary alicyclic amines) is 1. The molecule has 0 spiro atoms. The van der Waals surface area contributed by atoms with Crippen molar-refractivity contribution in [2.45, 2.75) is 156 Å². The van der Waals surface area contributed by atoms with Crippen LogP contribution in [0.1, 0.15) is 139 Å². The highest BCUT2D eigenvalue weighted by Gasteiger charge is 2.51. The van der Waals surface area contributed by atoms with Crippen LogP contribution in [0.25, 0.3) is 21.0 Å². The van der Waals surface area contributed by atoms with E-state index in [2.05, 4.69) is 154 Å². The zero-order valence-electron chi connectivity index (χ0n) is 67.3. The van der Waals surface area contributed by atoms with Crippen LogP contribution in [0.15, 0.2) is 191 Å². The molecule has 4 aromatic carbocycles. The molecule has 5 aliphatic heterocycles. The first-order valence-electron chi connectivity index (χ1n) is 38.6. The second kappa shape index (κ2) is 37.1. The van der Waals surface area contributed by atoms with E-state index in [9.17, 15) is 39.0 Å². The molecule has 10 rings (SSSR count). The van der Waals surface area contributed by atoms with Crippen LogP contribution >= 0.6 is 34.4 Å². The number of unbranched alkanes of at least 4 members (excludes halogenated alkanes) is 1. The smallest absolute Gasteiger partial charge is 0.295 e. The van der Waals surface area contributed by atoms with E-state index in [1.165, 1.54) is 26.1 Å². The Morgan fingerprint density at radius 2 is 1.44 bits per heavy atom. The maximum absolute atomic E-state index is 14.8. The Bertz CT molecular complexity index is 4850. The number of fused-ring (bicyclic) bond motifs is 5. The Morgan fingerprint density at radius 3 is 2.13 bits per heavy atom. The minimum atomic E-state index is -1.11. The summed E-state index contributed by atoms with van der Waals surface area (Å²) in [5, 5.41) is 20.5. The summed E-state index contributed by atoms with van der Waals surface area (Å²) in [7, 11) is 2.12. The Balaban J connectivity index is 0.653. The van der Waals surface area contributed by atoms with Gasteiger partial charge in [0.25, 0.3) is 12.4 Å². The standard InChI is InChI=1S/C90H104IN9O12S/c1-16-17-30-70(100-68-31-26-25-29-64(68)88(8,9)74(100)52-63-81(66(54-92)93-14)62(83(63)105)48-58-49-75(86(2,3)4)112-76(50-58)87(5,6)7)84(106)95-39-41-98-80(104)53-71(85(98)107)113-56-79(111-57-101)96-77(102)38-42-108-44-46-110-47-45-109-43-40-94-78(103)55-99-69-36-34-59-27-23-24-28-61(59)82(69)90(12,13)73(99)33-22-20-18-19-21-32-72-89(10,11)65-51-60(91)35-37-67(65)97(72)15/h18-29,31-37,48-52,57,70-71,79H,16-17,30,38-47,53,55-56H2,1-13,15H3,(H2-,94,95,96,102,103,106)/p+1. The van der Waals surface area contributed by atoms with Crippen LogP contribution in [0.4, 0.5) is 17.1 Å². The van der Waals surface area contributed by atoms with Crippen molar-refractivity contribution in [1.29, 1.82) is 0 Å². The first-order chi connectivity index (χ1) is 53.8. The topological polar surface area (TPSA) is 241 Å². The van der Waals surface area contributed by atoms with E-state index in [4.69, 9.17) is 30.3 Å². The summed E-state index contributed by atoms with van der Waals surface area (Å²) in [5.41, 5.74) is 8.25. The molecule has 113 heavy (non-hydrogen) atoms. The highest BCUT2D eigenvalue weighted by atomic mass is 127. The lowest BCUT2D eigenvalue weighted by atomic mass is 9.74. The summed E-state index contributed by atoms with van der Waals surface area (Å²) in [4.78, 5) is 102. The molecule has 6 aliphatic rings. The number of allylic oxidation sites excluding steroid dienone is 17. The maximum Gasteiger partial charge on any atom is 0.295 e. The maximum atomic E-state index is 14.8. The number of anilines is 1. The third-order valence-corrected chi connectivity index (χ3v) is 23.1. The van der Waals surface area contributed by atoms with Crippen molar-refractivity contribution in [3.63, 3.8) is 0 Å². The van der Waals surface area contributed by atoms with Gasteiger partial charge in [-0.2, -0.15) is 9.15 Å². The van der Waals surface area contributed by atoms with Crippen molar-refractivity contribution in [3.8, 4) is 0 Å². The van der Waals surface area contributed by atoms with Gasteiger partial charge in [0, 0.05) is 116 Å². The molecule has 0 aromatic heterocycles. The lowest BCUT2D eigenvalue weighted by molar-refractivity contribution is -0.468. The van der Waals surface area contributed by atoms with Crippen molar-refractivity contribution in [2.75, 3.05) is 83.5 Å². The number of ether oxygens (including phenoxy) is 5. The van der Waals surface area contributed by atoms with Gasteiger partial charge < -0.3 is 49.9 Å². The van der Waals surface area contributed by atoms with E-state index in [1.54, 1.807) is 12.2 Å². The number of hydrogen-bond donors (Lipinski definition) is 3. The fraction of sp³-hybridized carbons (Fsp3) is 0.422. The van der Waals surface area contributed by atoms with Crippen LogP contribution in [0.3, 0.4) is 0 Å². The monoisotopic (exact) mass is 1660 g/mol. The Labute approximate surface area is 682 Å². The van der Waals surface area contributed by atoms with Crippen LogP contribution in [-0.2, 0) is 73.5 Å². The third-order valence-electron chi connectivity index (χ3n) is 21.2. The summed E-state index contributed by atoms with van der Waals surface area (Å²) in [6.07, 6.45) is 22.1. The van der Waals surface area contributed by atoms with Gasteiger partial charge in [0.1, 0.15) is 25.1 Å². The number of carbonyl (C=O) groups excluding carboxylic acids is 7. The van der Waals surface area contributed by atoms with E-state index in [0.717, 1.165) is 56.5 Å². The number of imide groups is 1. The van der Waals surface area contributed by atoms with Gasteiger partial charge in [-0.05, 0) is 121 Å². The van der Waals surface area contributed by atoms with E-state index >= 15 is 0 Å². The molecule has 0 bridgehead atoms. The lowest BCUT2D eigenvalue weighted by Gasteiger charge is -2.33. The van der Waals surface area contributed by atoms with Crippen LogP contribution in [0.5, 0.6) is 0 Å². The summed E-state index contributed by atoms with van der Waals surface area (Å²) in [6.45, 7) is 37.0. The number of benzene rings is 4. The molecule has 23 heteroatoms. The molecule has 3 N–H and O–H groups in total. The molecular weight excluding hydrogens is 1560 g/mol.